The molecule has 0 aromatic carbocycles. The number of thiophene rings is 1. The summed E-state index contributed by atoms with van der Waals surface area (Å²) in [5.41, 5.74) is 3.53. The minimum Gasteiger partial charge on any atom is -0.481 e. The number of hydrogen-bond donors (Lipinski definition) is 1. The lowest BCUT2D eigenvalue weighted by Gasteiger charge is -2.06. The molecule has 6 heteroatoms. The maximum absolute atomic E-state index is 5.38. The van der Waals surface area contributed by atoms with Crippen molar-refractivity contribution in [3.8, 4) is 27.6 Å². The van der Waals surface area contributed by atoms with Crippen molar-refractivity contribution in [2.75, 3.05) is 7.11 Å². The van der Waals surface area contributed by atoms with Gasteiger partial charge in [0.15, 0.2) is 5.65 Å². The third-order valence-corrected chi connectivity index (χ3v) is 4.72. The van der Waals surface area contributed by atoms with Crippen LogP contribution >= 0.6 is 11.3 Å². The summed E-state index contributed by atoms with van der Waals surface area (Å²) in [6, 6.07) is 10.1. The molecule has 0 saturated heterocycles. The fourth-order valence-electron chi connectivity index (χ4n) is 2.66. The number of aromatic nitrogens is 4. The summed E-state index contributed by atoms with van der Waals surface area (Å²) in [6.07, 6.45) is 3.51. The third-order valence-electron chi connectivity index (χ3n) is 3.69. The Morgan fingerprint density at radius 2 is 1.96 bits per heavy atom. The Balaban J connectivity index is 2.02. The first-order chi connectivity index (χ1) is 11.3. The summed E-state index contributed by atoms with van der Waals surface area (Å²) in [4.78, 5) is 11.1. The molecule has 4 aromatic rings. The van der Waals surface area contributed by atoms with Gasteiger partial charge in [-0.2, -0.15) is 5.10 Å². The molecule has 0 aliphatic rings. The number of rotatable bonds is 3. The molecule has 0 unspecified atom stereocenters. The molecule has 0 spiro atoms. The lowest BCUT2D eigenvalue weighted by Crippen LogP contribution is -1.91. The van der Waals surface area contributed by atoms with Crippen molar-refractivity contribution in [2.45, 2.75) is 6.92 Å². The van der Waals surface area contributed by atoms with Crippen LogP contribution in [0.1, 0.15) is 4.88 Å². The fraction of sp³-hybridized carbons (Fsp3) is 0.118. The average molecular weight is 322 g/mol. The Hall–Kier alpha value is -2.73. The van der Waals surface area contributed by atoms with E-state index in [-0.39, 0.29) is 0 Å². The van der Waals surface area contributed by atoms with E-state index in [0.717, 1.165) is 27.9 Å². The molecule has 0 amide bonds. The van der Waals surface area contributed by atoms with E-state index in [1.807, 2.05) is 18.2 Å². The van der Waals surface area contributed by atoms with E-state index in [1.54, 1.807) is 30.8 Å². The van der Waals surface area contributed by atoms with Gasteiger partial charge in [0.2, 0.25) is 5.88 Å². The van der Waals surface area contributed by atoms with Crippen molar-refractivity contribution < 1.29 is 4.74 Å². The van der Waals surface area contributed by atoms with Crippen molar-refractivity contribution >= 4 is 22.4 Å². The molecule has 1 N–H and O–H groups in total. The van der Waals surface area contributed by atoms with Crippen molar-refractivity contribution in [1.29, 1.82) is 0 Å². The van der Waals surface area contributed by atoms with Gasteiger partial charge in [-0.1, -0.05) is 0 Å². The number of hydrogen-bond acceptors (Lipinski definition) is 5. The Bertz CT molecular complexity index is 989. The first-order valence-corrected chi connectivity index (χ1v) is 7.99. The summed E-state index contributed by atoms with van der Waals surface area (Å²) in [6.45, 7) is 2.10. The highest BCUT2D eigenvalue weighted by Gasteiger charge is 2.18. The molecule has 23 heavy (non-hydrogen) atoms. The van der Waals surface area contributed by atoms with Crippen LogP contribution in [0.3, 0.4) is 0 Å². The standard InChI is InChI=1S/C17H14N4OS/c1-10-5-6-13(23-10)11-7-9-18-16-14(11)15(20-21-16)12-4-3-8-19-17(12)22-2/h3-9H,1-2H3,(H,18,20,21). The summed E-state index contributed by atoms with van der Waals surface area (Å²) in [5.74, 6) is 0.554. The minimum absolute atomic E-state index is 0.554. The molecule has 0 fully saturated rings. The molecule has 4 rings (SSSR count). The van der Waals surface area contributed by atoms with Crippen LogP contribution in [0.15, 0.2) is 42.7 Å². The number of aryl methyl sites for hydroxylation is 1. The van der Waals surface area contributed by atoms with Crippen LogP contribution in [0.2, 0.25) is 0 Å². The second kappa shape index (κ2) is 5.48. The predicted molar refractivity (Wildman–Crippen MR) is 91.7 cm³/mol. The zero-order chi connectivity index (χ0) is 15.8. The SMILES string of the molecule is COc1ncccc1-c1n[nH]c2nccc(-c3ccc(C)s3)c12. The number of methoxy groups -OCH3 is 1. The molecular weight excluding hydrogens is 308 g/mol. The van der Waals surface area contributed by atoms with E-state index < -0.39 is 0 Å². The number of fused-ring (bicyclic) bond motifs is 1. The Labute approximate surface area is 137 Å². The van der Waals surface area contributed by atoms with Gasteiger partial charge in [0.1, 0.15) is 5.69 Å². The van der Waals surface area contributed by atoms with Gasteiger partial charge in [-0.25, -0.2) is 9.97 Å². The molecule has 0 saturated carbocycles. The van der Waals surface area contributed by atoms with E-state index in [2.05, 4.69) is 39.2 Å². The number of nitrogens with zero attached hydrogens (tertiary/aromatic N) is 3. The average Bonchev–Trinajstić information content (AvgIpc) is 3.21. The van der Waals surface area contributed by atoms with Gasteiger partial charge < -0.3 is 4.74 Å². The first kappa shape index (κ1) is 13.9. The van der Waals surface area contributed by atoms with Crippen LogP contribution < -0.4 is 4.74 Å². The molecule has 4 aromatic heterocycles. The number of H-pyrrole nitrogens is 1. The molecule has 4 heterocycles. The predicted octanol–water partition coefficient (Wildman–Crippen LogP) is 4.07. The van der Waals surface area contributed by atoms with Gasteiger partial charge in [-0.15, -0.1) is 11.3 Å². The Morgan fingerprint density at radius 3 is 2.74 bits per heavy atom. The topological polar surface area (TPSA) is 63.7 Å². The van der Waals surface area contributed by atoms with Crippen molar-refractivity contribution in [2.24, 2.45) is 0 Å². The summed E-state index contributed by atoms with van der Waals surface area (Å²) >= 11 is 1.76. The van der Waals surface area contributed by atoms with Crippen LogP contribution in [0.5, 0.6) is 5.88 Å². The van der Waals surface area contributed by atoms with Crippen LogP contribution in [-0.2, 0) is 0 Å². The zero-order valence-corrected chi connectivity index (χ0v) is 13.5. The summed E-state index contributed by atoms with van der Waals surface area (Å²) in [5, 5.41) is 8.47. The fourth-order valence-corrected chi connectivity index (χ4v) is 3.56. The second-order valence-electron chi connectivity index (χ2n) is 5.12. The highest BCUT2D eigenvalue weighted by Crippen LogP contribution is 2.38. The number of pyridine rings is 2. The quantitative estimate of drug-likeness (QED) is 0.617. The van der Waals surface area contributed by atoms with Gasteiger partial charge in [-0.3, -0.25) is 5.10 Å². The van der Waals surface area contributed by atoms with E-state index in [0.29, 0.717) is 5.88 Å². The molecule has 5 nitrogen and oxygen atoms in total. The molecule has 0 aliphatic carbocycles. The molecule has 0 bridgehead atoms. The zero-order valence-electron chi connectivity index (χ0n) is 12.7. The van der Waals surface area contributed by atoms with Crippen LogP contribution in [0.4, 0.5) is 0 Å². The van der Waals surface area contributed by atoms with Gasteiger partial charge in [-0.05, 0) is 37.3 Å². The molecule has 0 radical (unpaired) electrons. The molecular formula is C17H14N4OS. The lowest BCUT2D eigenvalue weighted by atomic mass is 10.1. The minimum atomic E-state index is 0.554. The number of nitrogens with one attached hydrogen (secondary N) is 1. The Morgan fingerprint density at radius 1 is 1.04 bits per heavy atom. The largest absolute Gasteiger partial charge is 0.481 e. The summed E-state index contributed by atoms with van der Waals surface area (Å²) < 4.78 is 5.38. The number of aromatic amines is 1. The van der Waals surface area contributed by atoms with Gasteiger partial charge >= 0.3 is 0 Å². The molecule has 0 aliphatic heterocycles. The van der Waals surface area contributed by atoms with E-state index >= 15 is 0 Å². The number of ether oxygens (including phenoxy) is 1. The van der Waals surface area contributed by atoms with Gasteiger partial charge in [0, 0.05) is 27.7 Å². The maximum Gasteiger partial charge on any atom is 0.222 e. The second-order valence-corrected chi connectivity index (χ2v) is 6.41. The molecule has 114 valence electrons. The lowest BCUT2D eigenvalue weighted by molar-refractivity contribution is 0.399. The smallest absolute Gasteiger partial charge is 0.222 e. The maximum atomic E-state index is 5.38. The monoisotopic (exact) mass is 322 g/mol. The third kappa shape index (κ3) is 2.27. The first-order valence-electron chi connectivity index (χ1n) is 7.17. The van der Waals surface area contributed by atoms with Crippen LogP contribution in [0, 0.1) is 6.92 Å². The van der Waals surface area contributed by atoms with Gasteiger partial charge in [0.05, 0.1) is 18.1 Å². The van der Waals surface area contributed by atoms with Crippen LogP contribution in [0.25, 0.3) is 32.7 Å². The van der Waals surface area contributed by atoms with Crippen molar-refractivity contribution in [3.05, 3.63) is 47.6 Å². The van der Waals surface area contributed by atoms with Gasteiger partial charge in [0.25, 0.3) is 0 Å². The van der Waals surface area contributed by atoms with E-state index in [9.17, 15) is 0 Å². The van der Waals surface area contributed by atoms with Crippen molar-refractivity contribution in [3.63, 3.8) is 0 Å². The van der Waals surface area contributed by atoms with Crippen LogP contribution in [-0.4, -0.2) is 27.3 Å². The normalized spacial score (nSPS) is 11.0. The van der Waals surface area contributed by atoms with E-state index in [4.69, 9.17) is 4.74 Å². The summed E-state index contributed by atoms with van der Waals surface area (Å²) in [7, 11) is 1.61. The Kier molecular flexibility index (Phi) is 3.31. The van der Waals surface area contributed by atoms with Crippen molar-refractivity contribution in [1.82, 2.24) is 20.2 Å². The highest BCUT2D eigenvalue weighted by molar-refractivity contribution is 7.15. The van der Waals surface area contributed by atoms with E-state index in [1.165, 1.54) is 9.75 Å². The highest BCUT2D eigenvalue weighted by atomic mass is 32.1. The molecule has 0 atom stereocenters.